The molecule has 0 bridgehead atoms. The molecule has 0 saturated heterocycles. The minimum absolute atomic E-state index is 0.336. The molecule has 0 spiro atoms. The van der Waals surface area contributed by atoms with Crippen molar-refractivity contribution in [1.29, 1.82) is 0 Å². The number of esters is 1. The fraction of sp³-hybridized carbons (Fsp3) is 0.222. The summed E-state index contributed by atoms with van der Waals surface area (Å²) in [6, 6.07) is 12.1. The number of ether oxygens (including phenoxy) is 2. The van der Waals surface area contributed by atoms with Crippen molar-refractivity contribution in [3.63, 3.8) is 0 Å². The Morgan fingerprint density at radius 1 is 1.12 bits per heavy atom. The zero-order valence-electron chi connectivity index (χ0n) is 13.5. The fourth-order valence-corrected chi connectivity index (χ4v) is 2.14. The molecule has 0 unspecified atom stereocenters. The van der Waals surface area contributed by atoms with E-state index < -0.39 is 5.97 Å². The van der Waals surface area contributed by atoms with E-state index in [9.17, 15) is 9.59 Å². The van der Waals surface area contributed by atoms with Crippen LogP contribution in [0.5, 0.6) is 5.75 Å². The zero-order valence-corrected chi connectivity index (χ0v) is 14.2. The van der Waals surface area contributed by atoms with E-state index in [0.717, 1.165) is 11.1 Å². The van der Waals surface area contributed by atoms with Crippen molar-refractivity contribution in [2.45, 2.75) is 13.5 Å². The normalized spacial score (nSPS) is 10.1. The van der Waals surface area contributed by atoms with Crippen molar-refractivity contribution in [3.8, 4) is 5.75 Å². The predicted molar refractivity (Wildman–Crippen MR) is 91.3 cm³/mol. The lowest BCUT2D eigenvalue weighted by molar-refractivity contribution is -0.124. The van der Waals surface area contributed by atoms with Gasteiger partial charge in [0.05, 0.1) is 12.7 Å². The average Bonchev–Trinajstić information content (AvgIpc) is 2.59. The van der Waals surface area contributed by atoms with Gasteiger partial charge in [-0.3, -0.25) is 4.79 Å². The summed E-state index contributed by atoms with van der Waals surface area (Å²) >= 11 is 5.79. The van der Waals surface area contributed by atoms with Gasteiger partial charge in [0.1, 0.15) is 5.75 Å². The standard InChI is InChI=1S/C18H18ClNO4/c1-12-3-6-14(9-16(12)23-2)18(22)24-11-17(21)20-10-13-4-7-15(19)8-5-13/h3-9H,10-11H2,1-2H3,(H,20,21). The second-order valence-electron chi connectivity index (χ2n) is 5.16. The van der Waals surface area contributed by atoms with Crippen LogP contribution in [-0.2, 0) is 16.1 Å². The summed E-state index contributed by atoms with van der Waals surface area (Å²) in [5.74, 6) is -0.357. The molecule has 2 rings (SSSR count). The highest BCUT2D eigenvalue weighted by Crippen LogP contribution is 2.19. The summed E-state index contributed by atoms with van der Waals surface area (Å²) in [5, 5.41) is 3.30. The monoisotopic (exact) mass is 347 g/mol. The molecule has 1 N–H and O–H groups in total. The van der Waals surface area contributed by atoms with Crippen LogP contribution in [0.2, 0.25) is 5.02 Å². The molecule has 0 atom stereocenters. The third-order valence-electron chi connectivity index (χ3n) is 3.38. The summed E-state index contributed by atoms with van der Waals surface area (Å²) in [6.45, 7) is 1.87. The SMILES string of the molecule is COc1cc(C(=O)OCC(=O)NCc2ccc(Cl)cc2)ccc1C. The Kier molecular flexibility index (Phi) is 6.21. The van der Waals surface area contributed by atoms with Gasteiger partial charge in [-0.15, -0.1) is 0 Å². The predicted octanol–water partition coefficient (Wildman–Crippen LogP) is 3.13. The molecule has 5 nitrogen and oxygen atoms in total. The average molecular weight is 348 g/mol. The van der Waals surface area contributed by atoms with Crippen LogP contribution in [0.1, 0.15) is 21.5 Å². The highest BCUT2D eigenvalue weighted by Gasteiger charge is 2.12. The number of benzene rings is 2. The third-order valence-corrected chi connectivity index (χ3v) is 3.63. The van der Waals surface area contributed by atoms with Crippen LogP contribution < -0.4 is 10.1 Å². The molecule has 0 aliphatic carbocycles. The Morgan fingerprint density at radius 3 is 2.50 bits per heavy atom. The summed E-state index contributed by atoms with van der Waals surface area (Å²) in [6.07, 6.45) is 0. The van der Waals surface area contributed by atoms with Gasteiger partial charge < -0.3 is 14.8 Å². The molecule has 0 aliphatic rings. The van der Waals surface area contributed by atoms with E-state index in [0.29, 0.717) is 22.9 Å². The van der Waals surface area contributed by atoms with E-state index in [1.807, 2.05) is 19.1 Å². The number of carbonyl (C=O) groups excluding carboxylic acids is 2. The first-order valence-corrected chi connectivity index (χ1v) is 7.70. The van der Waals surface area contributed by atoms with Crippen LogP contribution in [0.4, 0.5) is 0 Å². The minimum atomic E-state index is -0.574. The minimum Gasteiger partial charge on any atom is -0.496 e. The van der Waals surface area contributed by atoms with Gasteiger partial charge in [0.25, 0.3) is 5.91 Å². The highest BCUT2D eigenvalue weighted by molar-refractivity contribution is 6.30. The molecule has 126 valence electrons. The quantitative estimate of drug-likeness (QED) is 0.815. The number of aryl methyl sites for hydroxylation is 1. The second kappa shape index (κ2) is 8.36. The molecule has 2 aromatic rings. The molecule has 0 fully saturated rings. The Balaban J connectivity index is 1.82. The molecule has 0 aliphatic heterocycles. The van der Waals surface area contributed by atoms with Crippen LogP contribution >= 0.6 is 11.6 Å². The van der Waals surface area contributed by atoms with Crippen LogP contribution in [0.25, 0.3) is 0 Å². The van der Waals surface area contributed by atoms with E-state index in [2.05, 4.69) is 5.32 Å². The first kappa shape index (κ1) is 17.8. The number of methoxy groups -OCH3 is 1. The number of nitrogens with one attached hydrogen (secondary N) is 1. The molecule has 0 radical (unpaired) electrons. The number of rotatable bonds is 6. The van der Waals surface area contributed by atoms with Crippen LogP contribution in [0.15, 0.2) is 42.5 Å². The first-order chi connectivity index (χ1) is 11.5. The van der Waals surface area contributed by atoms with Gasteiger partial charge in [-0.25, -0.2) is 4.79 Å². The molecule has 0 heterocycles. The van der Waals surface area contributed by atoms with Crippen molar-refractivity contribution in [1.82, 2.24) is 5.32 Å². The number of halogens is 1. The van der Waals surface area contributed by atoms with E-state index in [1.54, 1.807) is 30.3 Å². The zero-order chi connectivity index (χ0) is 17.5. The van der Waals surface area contributed by atoms with Crippen molar-refractivity contribution in [2.24, 2.45) is 0 Å². The maximum absolute atomic E-state index is 12.0. The number of hydrogen-bond donors (Lipinski definition) is 1. The Bertz CT molecular complexity index is 728. The van der Waals surface area contributed by atoms with Gasteiger partial charge in [0.15, 0.2) is 6.61 Å². The third kappa shape index (κ3) is 4.99. The van der Waals surface area contributed by atoms with E-state index >= 15 is 0 Å². The summed E-state index contributed by atoms with van der Waals surface area (Å²) in [4.78, 5) is 23.7. The summed E-state index contributed by atoms with van der Waals surface area (Å²) < 4.78 is 10.2. The highest BCUT2D eigenvalue weighted by atomic mass is 35.5. The molecular weight excluding hydrogens is 330 g/mol. The van der Waals surface area contributed by atoms with Crippen LogP contribution in [-0.4, -0.2) is 25.6 Å². The summed E-state index contributed by atoms with van der Waals surface area (Å²) in [7, 11) is 1.53. The van der Waals surface area contributed by atoms with E-state index in [-0.39, 0.29) is 12.5 Å². The van der Waals surface area contributed by atoms with Crippen molar-refractivity contribution in [3.05, 3.63) is 64.2 Å². The molecule has 24 heavy (non-hydrogen) atoms. The van der Waals surface area contributed by atoms with Crippen molar-refractivity contribution < 1.29 is 19.1 Å². The molecule has 6 heteroatoms. The van der Waals surface area contributed by atoms with Gasteiger partial charge in [-0.1, -0.05) is 29.8 Å². The van der Waals surface area contributed by atoms with Crippen LogP contribution in [0, 0.1) is 6.92 Å². The van der Waals surface area contributed by atoms with E-state index in [1.165, 1.54) is 7.11 Å². The topological polar surface area (TPSA) is 64.6 Å². The lowest BCUT2D eigenvalue weighted by Gasteiger charge is -2.09. The van der Waals surface area contributed by atoms with Gasteiger partial charge in [0, 0.05) is 11.6 Å². The van der Waals surface area contributed by atoms with Crippen molar-refractivity contribution in [2.75, 3.05) is 13.7 Å². The number of amides is 1. The van der Waals surface area contributed by atoms with Gasteiger partial charge in [-0.05, 0) is 42.3 Å². The molecular formula is C18H18ClNO4. The van der Waals surface area contributed by atoms with Crippen molar-refractivity contribution >= 4 is 23.5 Å². The van der Waals surface area contributed by atoms with Gasteiger partial charge >= 0.3 is 5.97 Å². The molecule has 0 saturated carbocycles. The number of hydrogen-bond acceptors (Lipinski definition) is 4. The maximum Gasteiger partial charge on any atom is 0.338 e. The van der Waals surface area contributed by atoms with Crippen LogP contribution in [0.3, 0.4) is 0 Å². The maximum atomic E-state index is 12.0. The smallest absolute Gasteiger partial charge is 0.338 e. The number of carbonyl (C=O) groups is 2. The van der Waals surface area contributed by atoms with Gasteiger partial charge in [-0.2, -0.15) is 0 Å². The Hall–Kier alpha value is -2.53. The molecule has 2 aromatic carbocycles. The Labute approximate surface area is 145 Å². The lowest BCUT2D eigenvalue weighted by atomic mass is 10.1. The van der Waals surface area contributed by atoms with E-state index in [4.69, 9.17) is 21.1 Å². The first-order valence-electron chi connectivity index (χ1n) is 7.32. The van der Waals surface area contributed by atoms with Gasteiger partial charge in [0.2, 0.25) is 0 Å². The Morgan fingerprint density at radius 2 is 1.83 bits per heavy atom. The fourth-order valence-electron chi connectivity index (χ4n) is 2.02. The molecule has 0 aromatic heterocycles. The largest absolute Gasteiger partial charge is 0.496 e. The lowest BCUT2D eigenvalue weighted by Crippen LogP contribution is -2.28. The summed E-state index contributed by atoms with van der Waals surface area (Å²) in [5.41, 5.74) is 2.15. The molecule has 1 amide bonds. The second-order valence-corrected chi connectivity index (χ2v) is 5.60.